The van der Waals surface area contributed by atoms with Gasteiger partial charge >= 0.3 is 6.09 Å². The summed E-state index contributed by atoms with van der Waals surface area (Å²) in [6.07, 6.45) is -0.389. The number of nitrogens with zero attached hydrogens (tertiary/aromatic N) is 2. The molecule has 0 atom stereocenters. The molecule has 1 aliphatic heterocycles. The summed E-state index contributed by atoms with van der Waals surface area (Å²) in [5.74, 6) is 0.463. The van der Waals surface area contributed by atoms with Crippen LogP contribution in [0.5, 0.6) is 5.75 Å². The van der Waals surface area contributed by atoms with Gasteiger partial charge in [0.05, 0.1) is 0 Å². The Morgan fingerprint density at radius 3 is 2.04 bits per heavy atom. The monoisotopic (exact) mass is 344 g/mol. The molecule has 1 fully saturated rings. The molecule has 6 heteroatoms. The molecule has 1 aliphatic rings. The van der Waals surface area contributed by atoms with Crippen LogP contribution in [-0.2, 0) is 0 Å². The average molecular weight is 345 g/mol. The van der Waals surface area contributed by atoms with Gasteiger partial charge in [-0.05, 0) is 36.4 Å². The minimum Gasteiger partial charge on any atom is -0.410 e. The SMILES string of the molecule is O=C(Oc1ccccc1)N1CCN(C(=O)c2ccc(Cl)cc2)CC1. The molecule has 0 bridgehead atoms. The first kappa shape index (κ1) is 16.3. The molecule has 0 N–H and O–H groups in total. The summed E-state index contributed by atoms with van der Waals surface area (Å²) >= 11 is 5.84. The molecule has 0 radical (unpaired) electrons. The Bertz CT molecular complexity index is 711. The van der Waals surface area contributed by atoms with Crippen molar-refractivity contribution in [1.82, 2.24) is 9.80 Å². The number of para-hydroxylation sites is 1. The van der Waals surface area contributed by atoms with E-state index in [1.165, 1.54) is 0 Å². The molecule has 5 nitrogen and oxygen atoms in total. The van der Waals surface area contributed by atoms with Gasteiger partial charge in [0.15, 0.2) is 0 Å². The largest absolute Gasteiger partial charge is 0.415 e. The molecule has 3 rings (SSSR count). The summed E-state index contributed by atoms with van der Waals surface area (Å²) < 4.78 is 5.32. The normalized spacial score (nSPS) is 14.4. The highest BCUT2D eigenvalue weighted by atomic mass is 35.5. The smallest absolute Gasteiger partial charge is 0.410 e. The Morgan fingerprint density at radius 1 is 0.833 bits per heavy atom. The van der Waals surface area contributed by atoms with E-state index in [9.17, 15) is 9.59 Å². The van der Waals surface area contributed by atoms with E-state index < -0.39 is 0 Å². The zero-order valence-corrected chi connectivity index (χ0v) is 13.8. The quantitative estimate of drug-likeness (QED) is 0.840. The zero-order valence-electron chi connectivity index (χ0n) is 13.0. The molecule has 1 heterocycles. The maximum Gasteiger partial charge on any atom is 0.415 e. The summed E-state index contributed by atoms with van der Waals surface area (Å²) in [5.41, 5.74) is 0.597. The number of carbonyl (C=O) groups is 2. The highest BCUT2D eigenvalue weighted by molar-refractivity contribution is 6.30. The van der Waals surface area contributed by atoms with Gasteiger partial charge in [-0.3, -0.25) is 4.79 Å². The number of hydrogen-bond acceptors (Lipinski definition) is 3. The highest BCUT2D eigenvalue weighted by Gasteiger charge is 2.25. The van der Waals surface area contributed by atoms with Gasteiger partial charge in [0.25, 0.3) is 5.91 Å². The zero-order chi connectivity index (χ0) is 16.9. The van der Waals surface area contributed by atoms with Crippen molar-refractivity contribution in [2.45, 2.75) is 0 Å². The van der Waals surface area contributed by atoms with Crippen LogP contribution in [0.25, 0.3) is 0 Å². The minimum absolute atomic E-state index is 0.0530. The van der Waals surface area contributed by atoms with Crippen LogP contribution in [0.4, 0.5) is 4.79 Å². The number of rotatable bonds is 2. The first-order valence-corrected chi connectivity index (χ1v) is 8.08. The van der Waals surface area contributed by atoms with Crippen LogP contribution < -0.4 is 4.74 Å². The number of ether oxygens (including phenoxy) is 1. The molecule has 1 saturated heterocycles. The second-order valence-electron chi connectivity index (χ2n) is 5.47. The number of carbonyl (C=O) groups excluding carboxylic acids is 2. The summed E-state index contributed by atoms with van der Waals surface area (Å²) in [6.45, 7) is 1.85. The molecule has 2 aromatic carbocycles. The van der Waals surface area contributed by atoms with Crippen molar-refractivity contribution >= 4 is 23.6 Å². The van der Waals surface area contributed by atoms with Gasteiger partial charge in [-0.2, -0.15) is 0 Å². The average Bonchev–Trinajstić information content (AvgIpc) is 2.63. The standard InChI is InChI=1S/C18H17ClN2O3/c19-15-8-6-14(7-9-15)17(22)20-10-12-21(13-11-20)18(23)24-16-4-2-1-3-5-16/h1-9H,10-13H2. The van der Waals surface area contributed by atoms with Crippen LogP contribution in [0, 0.1) is 0 Å². The van der Waals surface area contributed by atoms with Gasteiger partial charge in [0.1, 0.15) is 5.75 Å². The number of piperazine rings is 1. The number of benzene rings is 2. The number of halogens is 1. The first-order valence-electron chi connectivity index (χ1n) is 7.70. The highest BCUT2D eigenvalue weighted by Crippen LogP contribution is 2.15. The Morgan fingerprint density at radius 2 is 1.42 bits per heavy atom. The van der Waals surface area contributed by atoms with Crippen LogP contribution in [0.15, 0.2) is 54.6 Å². The second kappa shape index (κ2) is 7.36. The summed E-state index contributed by atoms with van der Waals surface area (Å²) in [6, 6.07) is 15.8. The van der Waals surface area contributed by atoms with Crippen LogP contribution in [0.3, 0.4) is 0 Å². The van der Waals surface area contributed by atoms with Crippen LogP contribution in [0.1, 0.15) is 10.4 Å². The van der Waals surface area contributed by atoms with Gasteiger partial charge in [-0.15, -0.1) is 0 Å². The fourth-order valence-electron chi connectivity index (χ4n) is 2.52. The third-order valence-corrected chi connectivity index (χ3v) is 4.12. The third-order valence-electron chi connectivity index (χ3n) is 3.86. The lowest BCUT2D eigenvalue weighted by molar-refractivity contribution is 0.0633. The molecule has 2 aromatic rings. The van der Waals surface area contributed by atoms with E-state index in [1.54, 1.807) is 46.2 Å². The molecule has 0 aliphatic carbocycles. The van der Waals surface area contributed by atoms with E-state index in [-0.39, 0.29) is 12.0 Å². The molecule has 0 unspecified atom stereocenters. The van der Waals surface area contributed by atoms with Gasteiger partial charge in [0.2, 0.25) is 0 Å². The van der Waals surface area contributed by atoms with Gasteiger partial charge in [0, 0.05) is 36.8 Å². The first-order chi connectivity index (χ1) is 11.6. The van der Waals surface area contributed by atoms with Crippen molar-refractivity contribution < 1.29 is 14.3 Å². The number of hydrogen-bond donors (Lipinski definition) is 0. The van der Waals surface area contributed by atoms with E-state index in [0.717, 1.165) is 0 Å². The fourth-order valence-corrected chi connectivity index (χ4v) is 2.65. The molecular formula is C18H17ClN2O3. The lowest BCUT2D eigenvalue weighted by Crippen LogP contribution is -2.51. The number of amides is 2. The summed E-state index contributed by atoms with van der Waals surface area (Å²) in [7, 11) is 0. The van der Waals surface area contributed by atoms with Crippen molar-refractivity contribution in [1.29, 1.82) is 0 Å². The molecule has 2 amide bonds. The molecule has 0 spiro atoms. The lowest BCUT2D eigenvalue weighted by atomic mass is 10.2. The van der Waals surface area contributed by atoms with E-state index >= 15 is 0 Å². The molecule has 124 valence electrons. The second-order valence-corrected chi connectivity index (χ2v) is 5.90. The molecule has 0 aromatic heterocycles. The van der Waals surface area contributed by atoms with Crippen molar-refractivity contribution in [2.75, 3.05) is 26.2 Å². The topological polar surface area (TPSA) is 49.9 Å². The van der Waals surface area contributed by atoms with Crippen molar-refractivity contribution in [3.8, 4) is 5.75 Å². The Kier molecular flexibility index (Phi) is 5.01. The molecule has 24 heavy (non-hydrogen) atoms. The fraction of sp³-hybridized carbons (Fsp3) is 0.222. The van der Waals surface area contributed by atoms with E-state index in [4.69, 9.17) is 16.3 Å². The third kappa shape index (κ3) is 3.86. The van der Waals surface area contributed by atoms with Crippen LogP contribution >= 0.6 is 11.6 Å². The Balaban J connectivity index is 1.54. The van der Waals surface area contributed by atoms with Gasteiger partial charge in [-0.25, -0.2) is 4.79 Å². The van der Waals surface area contributed by atoms with Crippen molar-refractivity contribution in [3.05, 3.63) is 65.2 Å². The van der Waals surface area contributed by atoms with Crippen molar-refractivity contribution in [3.63, 3.8) is 0 Å². The lowest BCUT2D eigenvalue weighted by Gasteiger charge is -2.34. The van der Waals surface area contributed by atoms with E-state index in [1.807, 2.05) is 18.2 Å². The maximum atomic E-state index is 12.4. The summed E-state index contributed by atoms with van der Waals surface area (Å²) in [5, 5.41) is 0.597. The van der Waals surface area contributed by atoms with E-state index in [2.05, 4.69) is 0 Å². The van der Waals surface area contributed by atoms with Gasteiger partial charge < -0.3 is 14.5 Å². The van der Waals surface area contributed by atoms with Crippen LogP contribution in [0.2, 0.25) is 5.02 Å². The summed E-state index contributed by atoms with van der Waals surface area (Å²) in [4.78, 5) is 27.9. The van der Waals surface area contributed by atoms with Gasteiger partial charge in [-0.1, -0.05) is 29.8 Å². The van der Waals surface area contributed by atoms with Crippen LogP contribution in [-0.4, -0.2) is 48.0 Å². The maximum absolute atomic E-state index is 12.4. The molecule has 0 saturated carbocycles. The Hall–Kier alpha value is -2.53. The predicted octanol–water partition coefficient (Wildman–Crippen LogP) is 3.30. The minimum atomic E-state index is -0.389. The van der Waals surface area contributed by atoms with Crippen molar-refractivity contribution in [2.24, 2.45) is 0 Å². The predicted molar refractivity (Wildman–Crippen MR) is 91.4 cm³/mol. The Labute approximate surface area is 145 Å². The molecular weight excluding hydrogens is 328 g/mol. The van der Waals surface area contributed by atoms with E-state index in [0.29, 0.717) is 42.5 Å².